The summed E-state index contributed by atoms with van der Waals surface area (Å²) in [5.41, 5.74) is 0. The fourth-order valence-electron chi connectivity index (χ4n) is 1.20. The minimum absolute atomic E-state index is 0.0164. The van der Waals surface area contributed by atoms with Gasteiger partial charge in [-0.3, -0.25) is 0 Å². The van der Waals surface area contributed by atoms with Gasteiger partial charge in [0.1, 0.15) is 17.3 Å². The highest BCUT2D eigenvalue weighted by molar-refractivity contribution is 9.10. The molecular formula is C9H13BrClN3O2. The largest absolute Gasteiger partial charge is 0.396 e. The maximum atomic E-state index is 8.90. The van der Waals surface area contributed by atoms with Crippen molar-refractivity contribution in [2.24, 2.45) is 0 Å². The van der Waals surface area contributed by atoms with Gasteiger partial charge in [0.05, 0.1) is 17.1 Å². The zero-order valence-corrected chi connectivity index (χ0v) is 11.1. The molecule has 1 heterocycles. The Kier molecular flexibility index (Phi) is 5.97. The second-order valence-electron chi connectivity index (χ2n) is 3.14. The summed E-state index contributed by atoms with van der Waals surface area (Å²) in [7, 11) is 1.61. The molecule has 0 saturated carbocycles. The molecule has 0 aromatic carbocycles. The van der Waals surface area contributed by atoms with E-state index in [-0.39, 0.29) is 12.6 Å². The van der Waals surface area contributed by atoms with Crippen LogP contribution in [0.15, 0.2) is 10.8 Å². The molecule has 0 amide bonds. The van der Waals surface area contributed by atoms with Crippen molar-refractivity contribution >= 4 is 33.3 Å². The van der Waals surface area contributed by atoms with Gasteiger partial charge in [0.15, 0.2) is 0 Å². The van der Waals surface area contributed by atoms with E-state index in [1.54, 1.807) is 7.11 Å². The van der Waals surface area contributed by atoms with Crippen LogP contribution in [0.2, 0.25) is 5.15 Å². The van der Waals surface area contributed by atoms with Crippen molar-refractivity contribution in [3.8, 4) is 0 Å². The number of methoxy groups -OCH3 is 1. The third-order valence-electron chi connectivity index (χ3n) is 1.93. The number of aliphatic hydroxyl groups excluding tert-OH is 1. The normalized spacial score (nSPS) is 12.5. The monoisotopic (exact) mass is 309 g/mol. The van der Waals surface area contributed by atoms with E-state index in [9.17, 15) is 0 Å². The smallest absolute Gasteiger partial charge is 0.148 e. The number of anilines is 1. The Labute approximate surface area is 107 Å². The van der Waals surface area contributed by atoms with E-state index < -0.39 is 0 Å². The molecule has 1 aromatic heterocycles. The molecule has 1 rings (SSSR count). The van der Waals surface area contributed by atoms with Crippen molar-refractivity contribution < 1.29 is 9.84 Å². The summed E-state index contributed by atoms with van der Waals surface area (Å²) in [4.78, 5) is 7.88. The van der Waals surface area contributed by atoms with Crippen LogP contribution in [0.25, 0.3) is 0 Å². The van der Waals surface area contributed by atoms with E-state index in [1.807, 2.05) is 0 Å². The fraction of sp³-hybridized carbons (Fsp3) is 0.556. The van der Waals surface area contributed by atoms with Gasteiger partial charge >= 0.3 is 0 Å². The maximum absolute atomic E-state index is 8.90. The average molecular weight is 311 g/mol. The molecule has 0 aliphatic rings. The molecular weight excluding hydrogens is 297 g/mol. The Morgan fingerprint density at radius 2 is 2.38 bits per heavy atom. The third kappa shape index (κ3) is 3.86. The number of halogens is 2. The van der Waals surface area contributed by atoms with Crippen molar-refractivity contribution in [1.29, 1.82) is 0 Å². The van der Waals surface area contributed by atoms with Gasteiger partial charge in [0.25, 0.3) is 0 Å². The number of nitrogens with zero attached hydrogens (tertiary/aromatic N) is 2. The fourth-order valence-corrected chi connectivity index (χ4v) is 1.65. The van der Waals surface area contributed by atoms with Crippen LogP contribution in [0, 0.1) is 0 Å². The van der Waals surface area contributed by atoms with Gasteiger partial charge in [-0.1, -0.05) is 11.6 Å². The van der Waals surface area contributed by atoms with Crippen molar-refractivity contribution in [2.75, 3.05) is 25.6 Å². The predicted molar refractivity (Wildman–Crippen MR) is 65.7 cm³/mol. The summed E-state index contributed by atoms with van der Waals surface area (Å²) in [6.45, 7) is 0.562. The van der Waals surface area contributed by atoms with Crippen LogP contribution in [-0.4, -0.2) is 41.4 Å². The summed E-state index contributed by atoms with van der Waals surface area (Å²) < 4.78 is 5.64. The van der Waals surface area contributed by atoms with Crippen LogP contribution in [0.5, 0.6) is 0 Å². The van der Waals surface area contributed by atoms with Crippen LogP contribution in [0.3, 0.4) is 0 Å². The number of rotatable bonds is 6. The van der Waals surface area contributed by atoms with E-state index in [0.29, 0.717) is 28.5 Å². The standard InChI is InChI=1S/C9H13BrClN3O2/c1-16-4-6(2-3-15)14-9-7(10)8(11)12-5-13-9/h5-6,15H,2-4H2,1H3,(H,12,13,14). The number of aliphatic hydroxyl groups is 1. The minimum atomic E-state index is -0.0164. The van der Waals surface area contributed by atoms with Crippen molar-refractivity contribution in [1.82, 2.24) is 9.97 Å². The molecule has 0 aliphatic carbocycles. The lowest BCUT2D eigenvalue weighted by Gasteiger charge is -2.18. The van der Waals surface area contributed by atoms with E-state index >= 15 is 0 Å². The lowest BCUT2D eigenvalue weighted by molar-refractivity contribution is 0.170. The molecule has 2 N–H and O–H groups in total. The van der Waals surface area contributed by atoms with E-state index in [2.05, 4.69) is 31.2 Å². The highest BCUT2D eigenvalue weighted by Gasteiger charge is 2.12. The molecule has 90 valence electrons. The van der Waals surface area contributed by atoms with Crippen LogP contribution in [0.4, 0.5) is 5.82 Å². The number of hydrogen-bond acceptors (Lipinski definition) is 5. The van der Waals surface area contributed by atoms with Gasteiger partial charge in [0.2, 0.25) is 0 Å². The average Bonchev–Trinajstić information content (AvgIpc) is 2.25. The Morgan fingerprint density at radius 1 is 1.62 bits per heavy atom. The number of aromatic nitrogens is 2. The summed E-state index contributed by atoms with van der Waals surface area (Å²) in [6, 6.07) is -0.0164. The van der Waals surface area contributed by atoms with Crippen LogP contribution in [0.1, 0.15) is 6.42 Å². The Bertz CT molecular complexity index is 335. The molecule has 1 atom stereocenters. The molecule has 0 spiro atoms. The maximum Gasteiger partial charge on any atom is 0.148 e. The lowest BCUT2D eigenvalue weighted by atomic mass is 10.2. The zero-order chi connectivity index (χ0) is 12.0. The topological polar surface area (TPSA) is 67.3 Å². The highest BCUT2D eigenvalue weighted by Crippen LogP contribution is 2.26. The molecule has 1 aromatic rings. The first-order valence-electron chi connectivity index (χ1n) is 4.71. The molecule has 0 bridgehead atoms. The zero-order valence-electron chi connectivity index (χ0n) is 8.78. The molecule has 16 heavy (non-hydrogen) atoms. The van der Waals surface area contributed by atoms with Gasteiger partial charge in [-0.05, 0) is 22.4 Å². The summed E-state index contributed by atoms with van der Waals surface area (Å²) in [6.07, 6.45) is 1.94. The van der Waals surface area contributed by atoms with E-state index in [1.165, 1.54) is 6.33 Å². The summed E-state index contributed by atoms with van der Waals surface area (Å²) in [5.74, 6) is 0.593. The third-order valence-corrected chi connectivity index (χ3v) is 3.20. The first-order valence-corrected chi connectivity index (χ1v) is 5.88. The first kappa shape index (κ1) is 13.6. The summed E-state index contributed by atoms with van der Waals surface area (Å²) >= 11 is 9.12. The van der Waals surface area contributed by atoms with Gasteiger partial charge in [-0.15, -0.1) is 0 Å². The van der Waals surface area contributed by atoms with E-state index in [0.717, 1.165) is 0 Å². The number of hydrogen-bond donors (Lipinski definition) is 2. The second kappa shape index (κ2) is 7.01. The SMILES string of the molecule is COCC(CCO)Nc1ncnc(Cl)c1Br. The highest BCUT2D eigenvalue weighted by atomic mass is 79.9. The molecule has 0 fully saturated rings. The van der Waals surface area contributed by atoms with Crippen molar-refractivity contribution in [3.63, 3.8) is 0 Å². The summed E-state index contributed by atoms with van der Waals surface area (Å²) in [5, 5.41) is 12.4. The molecule has 0 radical (unpaired) electrons. The number of nitrogens with one attached hydrogen (secondary N) is 1. The van der Waals surface area contributed by atoms with Crippen molar-refractivity contribution in [3.05, 3.63) is 16.0 Å². The Balaban J connectivity index is 2.72. The van der Waals surface area contributed by atoms with Gasteiger partial charge in [-0.25, -0.2) is 9.97 Å². The van der Waals surface area contributed by atoms with Crippen LogP contribution >= 0.6 is 27.5 Å². The van der Waals surface area contributed by atoms with Crippen LogP contribution < -0.4 is 5.32 Å². The Morgan fingerprint density at radius 3 is 3.00 bits per heavy atom. The predicted octanol–water partition coefficient (Wildman–Crippen LogP) is 1.70. The van der Waals surface area contributed by atoms with Gasteiger partial charge < -0.3 is 15.2 Å². The lowest BCUT2D eigenvalue weighted by Crippen LogP contribution is -2.26. The molecule has 5 nitrogen and oxygen atoms in total. The molecule has 1 unspecified atom stereocenters. The first-order chi connectivity index (χ1) is 7.69. The van der Waals surface area contributed by atoms with Crippen molar-refractivity contribution in [2.45, 2.75) is 12.5 Å². The number of ether oxygens (including phenoxy) is 1. The minimum Gasteiger partial charge on any atom is -0.396 e. The van der Waals surface area contributed by atoms with Gasteiger partial charge in [-0.2, -0.15) is 0 Å². The van der Waals surface area contributed by atoms with Gasteiger partial charge in [0, 0.05) is 13.7 Å². The molecule has 0 saturated heterocycles. The second-order valence-corrected chi connectivity index (χ2v) is 4.29. The van der Waals surface area contributed by atoms with Crippen LogP contribution in [-0.2, 0) is 4.74 Å². The van der Waals surface area contributed by atoms with E-state index in [4.69, 9.17) is 21.4 Å². The molecule has 0 aliphatic heterocycles. The Hall–Kier alpha value is -0.430. The molecule has 7 heteroatoms. The quantitative estimate of drug-likeness (QED) is 0.783.